The standard InChI is InChI=1S/C22H27FN4O3S.2ClH/c1-15-21(16-6-5-7-19(12-16)31(28,29)26(2)3)22-20(9-8-18(25-22)14-30-4)27(15)13-17(23)10-11-24;;/h5-10,12H,11,13-14,24H2,1-4H3;2*1H/b17-10-;;. The van der Waals surface area contributed by atoms with Gasteiger partial charge in [0.15, 0.2) is 0 Å². The minimum Gasteiger partial charge on any atom is -0.378 e. The lowest BCUT2D eigenvalue weighted by Crippen LogP contribution is -2.22. The van der Waals surface area contributed by atoms with E-state index < -0.39 is 10.0 Å². The van der Waals surface area contributed by atoms with Crippen LogP contribution in [0.25, 0.3) is 22.2 Å². The fraction of sp³-hybridized carbons (Fsp3) is 0.318. The molecule has 2 heterocycles. The van der Waals surface area contributed by atoms with E-state index >= 15 is 0 Å². The number of hydrogen-bond acceptors (Lipinski definition) is 5. The van der Waals surface area contributed by atoms with E-state index in [2.05, 4.69) is 0 Å². The summed E-state index contributed by atoms with van der Waals surface area (Å²) in [6, 6.07) is 10.4. The molecule has 182 valence electrons. The molecule has 11 heteroatoms. The average Bonchev–Trinajstić information content (AvgIpc) is 2.99. The number of rotatable bonds is 8. The van der Waals surface area contributed by atoms with Gasteiger partial charge in [-0.05, 0) is 42.8 Å². The number of fused-ring (bicyclic) bond motifs is 1. The summed E-state index contributed by atoms with van der Waals surface area (Å²) in [6.07, 6.45) is 1.34. The fourth-order valence-corrected chi connectivity index (χ4v) is 4.47. The average molecular weight is 519 g/mol. The Bertz CT molecular complexity index is 1240. The highest BCUT2D eigenvalue weighted by Crippen LogP contribution is 2.35. The van der Waals surface area contributed by atoms with Crippen LogP contribution < -0.4 is 5.73 Å². The van der Waals surface area contributed by atoms with E-state index in [1.165, 1.54) is 24.5 Å². The van der Waals surface area contributed by atoms with Crippen LogP contribution in [0.5, 0.6) is 0 Å². The normalized spacial score (nSPS) is 12.0. The second-order valence-electron chi connectivity index (χ2n) is 7.35. The number of allylic oxidation sites excluding steroid dienone is 1. The Labute approximate surface area is 206 Å². The molecule has 1 aromatic carbocycles. The van der Waals surface area contributed by atoms with Crippen molar-refractivity contribution in [1.82, 2.24) is 13.9 Å². The Kier molecular flexibility index (Phi) is 10.5. The quantitative estimate of drug-likeness (QED) is 0.485. The van der Waals surface area contributed by atoms with Gasteiger partial charge in [-0.15, -0.1) is 24.8 Å². The highest BCUT2D eigenvalue weighted by atomic mass is 35.5. The van der Waals surface area contributed by atoms with Gasteiger partial charge in [-0.1, -0.05) is 12.1 Å². The van der Waals surface area contributed by atoms with Crippen LogP contribution in [0.3, 0.4) is 0 Å². The van der Waals surface area contributed by atoms with Crippen molar-refractivity contribution in [2.45, 2.75) is 25.0 Å². The fourth-order valence-electron chi connectivity index (χ4n) is 3.52. The van der Waals surface area contributed by atoms with E-state index in [-0.39, 0.29) is 48.6 Å². The van der Waals surface area contributed by atoms with Gasteiger partial charge in [0, 0.05) is 39.0 Å². The lowest BCUT2D eigenvalue weighted by molar-refractivity contribution is 0.182. The van der Waals surface area contributed by atoms with Crippen LogP contribution in [0.2, 0.25) is 0 Å². The predicted octanol–water partition coefficient (Wildman–Crippen LogP) is 4.06. The van der Waals surface area contributed by atoms with Gasteiger partial charge >= 0.3 is 0 Å². The van der Waals surface area contributed by atoms with Crippen molar-refractivity contribution in [2.24, 2.45) is 5.73 Å². The molecule has 0 amide bonds. The summed E-state index contributed by atoms with van der Waals surface area (Å²) >= 11 is 0. The lowest BCUT2D eigenvalue weighted by atomic mass is 10.1. The van der Waals surface area contributed by atoms with Crippen LogP contribution in [-0.2, 0) is 27.9 Å². The van der Waals surface area contributed by atoms with Gasteiger partial charge in [0.25, 0.3) is 0 Å². The molecule has 0 unspecified atom stereocenters. The summed E-state index contributed by atoms with van der Waals surface area (Å²) < 4.78 is 47.8. The zero-order chi connectivity index (χ0) is 22.8. The van der Waals surface area contributed by atoms with E-state index in [1.54, 1.807) is 25.3 Å². The number of nitrogens with zero attached hydrogens (tertiary/aromatic N) is 3. The van der Waals surface area contributed by atoms with Crippen molar-refractivity contribution in [3.63, 3.8) is 0 Å². The van der Waals surface area contributed by atoms with E-state index in [0.717, 1.165) is 22.5 Å². The molecule has 0 saturated carbocycles. The van der Waals surface area contributed by atoms with Crippen molar-refractivity contribution < 1.29 is 17.5 Å². The summed E-state index contributed by atoms with van der Waals surface area (Å²) in [5.41, 5.74) is 9.80. The molecule has 3 aromatic rings. The largest absolute Gasteiger partial charge is 0.378 e. The molecule has 7 nitrogen and oxygen atoms in total. The third-order valence-electron chi connectivity index (χ3n) is 5.07. The molecule has 2 N–H and O–H groups in total. The molecule has 0 saturated heterocycles. The number of nitrogens with two attached hydrogens (primary N) is 1. The zero-order valence-electron chi connectivity index (χ0n) is 18.9. The number of pyridine rings is 1. The Morgan fingerprint density at radius 3 is 2.55 bits per heavy atom. The maximum absolute atomic E-state index is 14.4. The van der Waals surface area contributed by atoms with Gasteiger partial charge in [-0.3, -0.25) is 0 Å². The van der Waals surface area contributed by atoms with Gasteiger partial charge < -0.3 is 15.0 Å². The molecule has 0 aliphatic rings. The molecule has 0 radical (unpaired) electrons. The third kappa shape index (κ3) is 5.92. The third-order valence-corrected chi connectivity index (χ3v) is 6.88. The van der Waals surface area contributed by atoms with Gasteiger partial charge in [0.05, 0.1) is 34.8 Å². The van der Waals surface area contributed by atoms with Crippen LogP contribution in [0.4, 0.5) is 4.39 Å². The number of ether oxygens (including phenoxy) is 1. The number of benzene rings is 1. The molecular weight excluding hydrogens is 490 g/mol. The van der Waals surface area contributed by atoms with Crippen LogP contribution in [0.1, 0.15) is 11.4 Å². The number of hydrogen-bond donors (Lipinski definition) is 1. The number of sulfonamides is 1. The highest BCUT2D eigenvalue weighted by Gasteiger charge is 2.22. The van der Waals surface area contributed by atoms with E-state index in [0.29, 0.717) is 17.7 Å². The highest BCUT2D eigenvalue weighted by molar-refractivity contribution is 7.89. The maximum atomic E-state index is 14.4. The minimum absolute atomic E-state index is 0. The van der Waals surface area contributed by atoms with E-state index in [9.17, 15) is 12.8 Å². The number of methoxy groups -OCH3 is 1. The first kappa shape index (κ1) is 29.0. The summed E-state index contributed by atoms with van der Waals surface area (Å²) in [7, 11) is 0.963. The zero-order valence-corrected chi connectivity index (χ0v) is 21.4. The monoisotopic (exact) mass is 518 g/mol. The van der Waals surface area contributed by atoms with Gasteiger partial charge in [0.2, 0.25) is 10.0 Å². The SMILES string of the molecule is COCc1ccc2c(n1)c(-c1cccc(S(=O)(=O)N(C)C)c1)c(C)n2C/C(F)=C/CN.Cl.Cl. The van der Waals surface area contributed by atoms with Crippen molar-refractivity contribution >= 4 is 45.9 Å². The van der Waals surface area contributed by atoms with Gasteiger partial charge in [-0.2, -0.15) is 0 Å². The van der Waals surface area contributed by atoms with Crippen LogP contribution in [0.15, 0.2) is 53.2 Å². The van der Waals surface area contributed by atoms with Crippen LogP contribution in [0, 0.1) is 6.92 Å². The predicted molar refractivity (Wildman–Crippen MR) is 134 cm³/mol. The first-order chi connectivity index (χ1) is 14.7. The first-order valence-corrected chi connectivity index (χ1v) is 11.2. The van der Waals surface area contributed by atoms with Crippen LogP contribution >= 0.6 is 24.8 Å². The molecule has 0 fully saturated rings. The molecule has 0 aliphatic carbocycles. The number of halogens is 3. The molecule has 2 aromatic heterocycles. The first-order valence-electron chi connectivity index (χ1n) is 9.76. The Hall–Kier alpha value is -2.01. The molecule has 0 bridgehead atoms. The maximum Gasteiger partial charge on any atom is 0.242 e. The van der Waals surface area contributed by atoms with E-state index in [1.807, 2.05) is 29.7 Å². The molecular formula is C22H29Cl2FN4O3S. The van der Waals surface area contributed by atoms with Crippen molar-refractivity contribution in [1.29, 1.82) is 0 Å². The minimum atomic E-state index is -3.61. The summed E-state index contributed by atoms with van der Waals surface area (Å²) in [4.78, 5) is 4.91. The topological polar surface area (TPSA) is 90.5 Å². The van der Waals surface area contributed by atoms with Gasteiger partial charge in [0.1, 0.15) is 5.83 Å². The van der Waals surface area contributed by atoms with Crippen molar-refractivity contribution in [2.75, 3.05) is 27.7 Å². The van der Waals surface area contributed by atoms with E-state index in [4.69, 9.17) is 15.5 Å². The lowest BCUT2D eigenvalue weighted by Gasteiger charge is -2.12. The second kappa shape index (κ2) is 11.9. The molecule has 0 spiro atoms. The second-order valence-corrected chi connectivity index (χ2v) is 9.50. The molecule has 0 aliphatic heterocycles. The summed E-state index contributed by atoms with van der Waals surface area (Å²) in [6.45, 7) is 2.32. The van der Waals surface area contributed by atoms with Crippen molar-refractivity contribution in [3.05, 3.63) is 59.7 Å². The summed E-state index contributed by atoms with van der Waals surface area (Å²) in [5, 5.41) is 0. The molecule has 3 rings (SSSR count). The van der Waals surface area contributed by atoms with Crippen molar-refractivity contribution in [3.8, 4) is 11.1 Å². The van der Waals surface area contributed by atoms with Crippen LogP contribution in [-0.4, -0.2) is 50.0 Å². The Morgan fingerprint density at radius 1 is 1.24 bits per heavy atom. The Morgan fingerprint density at radius 2 is 1.94 bits per heavy atom. The van der Waals surface area contributed by atoms with Gasteiger partial charge in [-0.25, -0.2) is 22.1 Å². The Balaban J connectivity index is 0.00000272. The molecule has 0 atom stereocenters. The molecule has 33 heavy (non-hydrogen) atoms. The number of aromatic nitrogens is 2. The smallest absolute Gasteiger partial charge is 0.242 e. The summed E-state index contributed by atoms with van der Waals surface area (Å²) in [5.74, 6) is -0.348.